The van der Waals surface area contributed by atoms with Crippen LogP contribution in [0.3, 0.4) is 0 Å². The number of nitrogens with two attached hydrogens (primary N) is 1. The molecule has 0 saturated carbocycles. The Hall–Kier alpha value is -0.220. The van der Waals surface area contributed by atoms with Gasteiger partial charge in [0.1, 0.15) is 0 Å². The molecule has 3 nitrogen and oxygen atoms in total. The molecule has 0 spiro atoms. The molecule has 1 rings (SSSR count). The summed E-state index contributed by atoms with van der Waals surface area (Å²) in [5.41, 5.74) is 5.92. The summed E-state index contributed by atoms with van der Waals surface area (Å²) < 4.78 is 0. The van der Waals surface area contributed by atoms with Crippen molar-refractivity contribution in [3.05, 3.63) is 0 Å². The third-order valence-corrected chi connectivity index (χ3v) is 4.64. The van der Waals surface area contributed by atoms with Crippen LogP contribution in [0, 0.1) is 0 Å². The summed E-state index contributed by atoms with van der Waals surface area (Å²) in [4.78, 5) is 14.1. The van der Waals surface area contributed by atoms with Gasteiger partial charge in [0, 0.05) is 36.1 Å². The first-order valence-corrected chi connectivity index (χ1v) is 7.27. The van der Waals surface area contributed by atoms with Crippen LogP contribution in [-0.2, 0) is 4.79 Å². The van der Waals surface area contributed by atoms with Crippen LogP contribution < -0.4 is 5.73 Å². The zero-order chi connectivity index (χ0) is 12.1. The Labute approximate surface area is 103 Å². The van der Waals surface area contributed by atoms with E-state index >= 15 is 0 Å². The highest BCUT2D eigenvalue weighted by atomic mass is 32.2. The molecule has 1 saturated heterocycles. The molecule has 4 heteroatoms. The van der Waals surface area contributed by atoms with Crippen molar-refractivity contribution in [2.24, 2.45) is 5.73 Å². The SMILES string of the molecule is CCCC(N)CC(=O)N1CCSC(C)C1C. The molecule has 0 aliphatic carbocycles. The number of carbonyl (C=O) groups is 1. The second kappa shape index (κ2) is 6.50. The number of carbonyl (C=O) groups excluding carboxylic acids is 1. The maximum Gasteiger partial charge on any atom is 0.224 e. The summed E-state index contributed by atoms with van der Waals surface area (Å²) in [6.07, 6.45) is 2.50. The van der Waals surface area contributed by atoms with Gasteiger partial charge in [0.25, 0.3) is 0 Å². The zero-order valence-corrected chi connectivity index (χ0v) is 11.4. The molecule has 0 bridgehead atoms. The van der Waals surface area contributed by atoms with Crippen molar-refractivity contribution in [3.8, 4) is 0 Å². The van der Waals surface area contributed by atoms with E-state index in [9.17, 15) is 4.79 Å². The lowest BCUT2D eigenvalue weighted by molar-refractivity contribution is -0.133. The number of nitrogens with zero attached hydrogens (tertiary/aromatic N) is 1. The Morgan fingerprint density at radius 2 is 2.25 bits per heavy atom. The molecule has 0 aromatic rings. The Morgan fingerprint density at radius 3 is 2.88 bits per heavy atom. The van der Waals surface area contributed by atoms with E-state index in [0.29, 0.717) is 17.7 Å². The lowest BCUT2D eigenvalue weighted by Gasteiger charge is -2.38. The first kappa shape index (κ1) is 13.8. The number of rotatable bonds is 4. The molecule has 1 amide bonds. The van der Waals surface area contributed by atoms with E-state index in [2.05, 4.69) is 20.8 Å². The van der Waals surface area contributed by atoms with E-state index in [-0.39, 0.29) is 11.9 Å². The molecule has 16 heavy (non-hydrogen) atoms. The van der Waals surface area contributed by atoms with E-state index in [1.165, 1.54) is 0 Å². The maximum atomic E-state index is 12.1. The Morgan fingerprint density at radius 1 is 1.56 bits per heavy atom. The lowest BCUT2D eigenvalue weighted by atomic mass is 10.1. The highest BCUT2D eigenvalue weighted by Gasteiger charge is 2.29. The highest BCUT2D eigenvalue weighted by Crippen LogP contribution is 2.24. The fourth-order valence-electron chi connectivity index (χ4n) is 2.10. The van der Waals surface area contributed by atoms with E-state index < -0.39 is 0 Å². The summed E-state index contributed by atoms with van der Waals surface area (Å²) in [6.45, 7) is 7.32. The minimum absolute atomic E-state index is 0.0367. The average Bonchev–Trinajstić information content (AvgIpc) is 2.22. The standard InChI is InChI=1S/C12H24N2OS/c1-4-5-11(13)8-12(15)14-6-7-16-10(3)9(14)2/h9-11H,4-8,13H2,1-3H3. The van der Waals surface area contributed by atoms with Crippen molar-refractivity contribution in [3.63, 3.8) is 0 Å². The summed E-state index contributed by atoms with van der Waals surface area (Å²) >= 11 is 1.95. The van der Waals surface area contributed by atoms with Crippen LogP contribution in [-0.4, -0.2) is 40.4 Å². The van der Waals surface area contributed by atoms with Gasteiger partial charge >= 0.3 is 0 Å². The predicted molar refractivity (Wildman–Crippen MR) is 70.6 cm³/mol. The lowest BCUT2D eigenvalue weighted by Crippen LogP contribution is -2.49. The van der Waals surface area contributed by atoms with Gasteiger partial charge in [-0.25, -0.2) is 0 Å². The number of thioether (sulfide) groups is 1. The molecule has 1 fully saturated rings. The van der Waals surface area contributed by atoms with Crippen molar-refractivity contribution in [1.82, 2.24) is 4.90 Å². The monoisotopic (exact) mass is 244 g/mol. The van der Waals surface area contributed by atoms with Gasteiger partial charge in [-0.2, -0.15) is 11.8 Å². The van der Waals surface area contributed by atoms with Gasteiger partial charge in [-0.15, -0.1) is 0 Å². The van der Waals surface area contributed by atoms with Crippen LogP contribution in [0.1, 0.15) is 40.0 Å². The minimum Gasteiger partial charge on any atom is -0.338 e. The Balaban J connectivity index is 2.46. The predicted octanol–water partition coefficient (Wildman–Crippen LogP) is 1.86. The zero-order valence-electron chi connectivity index (χ0n) is 10.6. The van der Waals surface area contributed by atoms with Gasteiger partial charge in [-0.1, -0.05) is 20.3 Å². The van der Waals surface area contributed by atoms with Gasteiger partial charge < -0.3 is 10.6 Å². The van der Waals surface area contributed by atoms with Gasteiger partial charge in [0.05, 0.1) is 0 Å². The molecule has 1 aliphatic rings. The largest absolute Gasteiger partial charge is 0.338 e. The smallest absolute Gasteiger partial charge is 0.224 e. The van der Waals surface area contributed by atoms with Gasteiger partial charge in [0.15, 0.2) is 0 Å². The number of hydrogen-bond acceptors (Lipinski definition) is 3. The van der Waals surface area contributed by atoms with E-state index in [1.807, 2.05) is 16.7 Å². The molecule has 0 aromatic heterocycles. The second-order valence-corrected chi connectivity index (χ2v) is 6.14. The summed E-state index contributed by atoms with van der Waals surface area (Å²) in [6, 6.07) is 0.384. The van der Waals surface area contributed by atoms with Crippen molar-refractivity contribution in [2.75, 3.05) is 12.3 Å². The molecule has 0 radical (unpaired) electrons. The Kier molecular flexibility index (Phi) is 5.62. The number of amides is 1. The fourth-order valence-corrected chi connectivity index (χ4v) is 3.20. The normalized spacial score (nSPS) is 27.9. The van der Waals surface area contributed by atoms with Crippen molar-refractivity contribution in [1.29, 1.82) is 0 Å². The van der Waals surface area contributed by atoms with Gasteiger partial charge in [-0.3, -0.25) is 4.79 Å². The molecule has 2 N–H and O–H groups in total. The number of hydrogen-bond donors (Lipinski definition) is 1. The highest BCUT2D eigenvalue weighted by molar-refractivity contribution is 8.00. The van der Waals surface area contributed by atoms with Crippen molar-refractivity contribution in [2.45, 2.75) is 57.4 Å². The second-order valence-electron chi connectivity index (χ2n) is 4.66. The van der Waals surface area contributed by atoms with Crippen molar-refractivity contribution >= 4 is 17.7 Å². The summed E-state index contributed by atoms with van der Waals surface area (Å²) in [5, 5.41) is 0.542. The molecule has 3 atom stereocenters. The Bertz CT molecular complexity index is 235. The van der Waals surface area contributed by atoms with Crippen LogP contribution in [0.15, 0.2) is 0 Å². The van der Waals surface area contributed by atoms with Crippen LogP contribution in [0.5, 0.6) is 0 Å². The quantitative estimate of drug-likeness (QED) is 0.821. The minimum atomic E-state index is 0.0367. The van der Waals surface area contributed by atoms with Crippen LogP contribution in [0.2, 0.25) is 0 Å². The van der Waals surface area contributed by atoms with E-state index in [0.717, 1.165) is 25.1 Å². The van der Waals surface area contributed by atoms with Gasteiger partial charge in [0.2, 0.25) is 5.91 Å². The third kappa shape index (κ3) is 3.67. The summed E-state index contributed by atoms with van der Waals surface area (Å²) in [7, 11) is 0. The summed E-state index contributed by atoms with van der Waals surface area (Å²) in [5.74, 6) is 1.29. The molecule has 1 heterocycles. The van der Waals surface area contributed by atoms with E-state index in [4.69, 9.17) is 5.73 Å². The third-order valence-electron chi connectivity index (χ3n) is 3.30. The molecule has 0 aromatic carbocycles. The topological polar surface area (TPSA) is 46.3 Å². The van der Waals surface area contributed by atoms with Crippen LogP contribution in [0.25, 0.3) is 0 Å². The van der Waals surface area contributed by atoms with Crippen LogP contribution in [0.4, 0.5) is 0 Å². The van der Waals surface area contributed by atoms with Gasteiger partial charge in [-0.05, 0) is 13.3 Å². The van der Waals surface area contributed by atoms with Crippen molar-refractivity contribution < 1.29 is 4.79 Å². The fraction of sp³-hybridized carbons (Fsp3) is 0.917. The molecule has 1 aliphatic heterocycles. The first-order valence-electron chi connectivity index (χ1n) is 6.23. The average molecular weight is 244 g/mol. The first-order chi connectivity index (χ1) is 7.56. The molecular formula is C12H24N2OS. The van der Waals surface area contributed by atoms with E-state index in [1.54, 1.807) is 0 Å². The maximum absolute atomic E-state index is 12.1. The molecular weight excluding hydrogens is 220 g/mol. The molecule has 94 valence electrons. The van der Waals surface area contributed by atoms with Crippen LogP contribution >= 0.6 is 11.8 Å². The molecule has 3 unspecified atom stereocenters.